The molecule has 5 rings (SSSR count). The van der Waals surface area contributed by atoms with E-state index < -0.39 is 0 Å². The Morgan fingerprint density at radius 1 is 1.17 bits per heavy atom. The normalized spacial score (nSPS) is 17.1. The van der Waals surface area contributed by atoms with E-state index in [2.05, 4.69) is 36.9 Å². The van der Waals surface area contributed by atoms with Crippen molar-refractivity contribution < 1.29 is 0 Å². The molecule has 148 valence electrons. The molecule has 1 saturated heterocycles. The molecule has 0 N–H and O–H groups in total. The molecule has 29 heavy (non-hydrogen) atoms. The number of pyridine rings is 1. The quantitative estimate of drug-likeness (QED) is 0.664. The van der Waals surface area contributed by atoms with E-state index in [-0.39, 0.29) is 5.56 Å². The summed E-state index contributed by atoms with van der Waals surface area (Å²) in [6, 6.07) is 7.16. The summed E-state index contributed by atoms with van der Waals surface area (Å²) in [6.07, 6.45) is 6.14. The van der Waals surface area contributed by atoms with E-state index in [0.29, 0.717) is 12.5 Å². The first-order chi connectivity index (χ1) is 14.2. The minimum atomic E-state index is -0.0721. The van der Waals surface area contributed by atoms with Crippen molar-refractivity contribution >= 4 is 5.82 Å². The standard InChI is InChI=1S/C21H23N7O/c1-26-8-6-19-17(13-26)21(24-14-23-19)27-10-15(11-27)12-28-20(29)5-4-18(25-28)16-3-2-7-22-9-16/h2-5,7,9,14-15H,6,8,10-13H2,1H3. The van der Waals surface area contributed by atoms with Gasteiger partial charge in [0.2, 0.25) is 0 Å². The van der Waals surface area contributed by atoms with E-state index in [1.807, 2.05) is 12.1 Å². The zero-order chi connectivity index (χ0) is 19.8. The van der Waals surface area contributed by atoms with Gasteiger partial charge in [0.15, 0.2) is 0 Å². The topological polar surface area (TPSA) is 80.0 Å². The van der Waals surface area contributed by atoms with Gasteiger partial charge < -0.3 is 9.80 Å². The number of rotatable bonds is 4. The maximum Gasteiger partial charge on any atom is 0.266 e. The van der Waals surface area contributed by atoms with Crippen LogP contribution in [-0.4, -0.2) is 56.3 Å². The van der Waals surface area contributed by atoms with Crippen LogP contribution in [0.3, 0.4) is 0 Å². The second-order valence-electron chi connectivity index (χ2n) is 7.86. The molecule has 1 fully saturated rings. The second kappa shape index (κ2) is 7.36. The molecule has 0 saturated carbocycles. The molecule has 0 aromatic carbocycles. The van der Waals surface area contributed by atoms with Crippen molar-refractivity contribution in [3.63, 3.8) is 0 Å². The Hall–Kier alpha value is -3.13. The van der Waals surface area contributed by atoms with Crippen LogP contribution in [0, 0.1) is 5.92 Å². The Morgan fingerprint density at radius 3 is 2.90 bits per heavy atom. The summed E-state index contributed by atoms with van der Waals surface area (Å²) in [5.41, 5.74) is 4.01. The lowest BCUT2D eigenvalue weighted by Crippen LogP contribution is -2.50. The number of likely N-dealkylation sites (N-methyl/N-ethyl adjacent to an activating group) is 1. The van der Waals surface area contributed by atoms with Crippen molar-refractivity contribution in [2.45, 2.75) is 19.5 Å². The van der Waals surface area contributed by atoms with Gasteiger partial charge >= 0.3 is 0 Å². The fraction of sp³-hybridized carbons (Fsp3) is 0.381. The van der Waals surface area contributed by atoms with E-state index in [9.17, 15) is 4.79 Å². The summed E-state index contributed by atoms with van der Waals surface area (Å²) in [4.78, 5) is 30.1. The summed E-state index contributed by atoms with van der Waals surface area (Å²) in [5, 5.41) is 4.56. The van der Waals surface area contributed by atoms with Crippen LogP contribution in [0.15, 0.2) is 47.8 Å². The summed E-state index contributed by atoms with van der Waals surface area (Å²) in [5.74, 6) is 1.42. The number of anilines is 1. The molecular formula is C21H23N7O. The van der Waals surface area contributed by atoms with E-state index >= 15 is 0 Å². The van der Waals surface area contributed by atoms with Crippen LogP contribution < -0.4 is 10.5 Å². The molecule has 0 spiro atoms. The first kappa shape index (κ1) is 17.9. The Morgan fingerprint density at radius 2 is 2.07 bits per heavy atom. The Labute approximate surface area is 168 Å². The third-order valence-electron chi connectivity index (χ3n) is 5.68. The fourth-order valence-corrected chi connectivity index (χ4v) is 4.08. The predicted molar refractivity (Wildman–Crippen MR) is 110 cm³/mol. The molecule has 5 heterocycles. The van der Waals surface area contributed by atoms with Crippen LogP contribution in [0.2, 0.25) is 0 Å². The SMILES string of the molecule is CN1CCc2ncnc(N3CC(Cn4nc(-c5cccnc5)ccc4=O)C3)c2C1. The number of nitrogens with zero attached hydrogens (tertiary/aromatic N) is 7. The lowest BCUT2D eigenvalue weighted by molar-refractivity contribution is 0.303. The number of hydrogen-bond donors (Lipinski definition) is 0. The molecule has 0 atom stereocenters. The first-order valence-corrected chi connectivity index (χ1v) is 9.92. The Bertz CT molecular complexity index is 1080. The van der Waals surface area contributed by atoms with Gasteiger partial charge in [0.05, 0.1) is 17.9 Å². The average molecular weight is 389 g/mol. The molecule has 8 nitrogen and oxygen atoms in total. The summed E-state index contributed by atoms with van der Waals surface area (Å²) < 4.78 is 1.58. The summed E-state index contributed by atoms with van der Waals surface area (Å²) in [6.45, 7) is 4.28. The minimum Gasteiger partial charge on any atom is -0.355 e. The molecule has 3 aromatic rings. The highest BCUT2D eigenvalue weighted by Gasteiger charge is 2.32. The van der Waals surface area contributed by atoms with Gasteiger partial charge in [0.25, 0.3) is 5.56 Å². The van der Waals surface area contributed by atoms with Crippen LogP contribution in [0.1, 0.15) is 11.3 Å². The first-order valence-electron chi connectivity index (χ1n) is 9.92. The van der Waals surface area contributed by atoms with Gasteiger partial charge in [-0.25, -0.2) is 14.6 Å². The molecule has 8 heteroatoms. The zero-order valence-electron chi connectivity index (χ0n) is 16.4. The predicted octanol–water partition coefficient (Wildman–Crippen LogP) is 1.22. The number of fused-ring (bicyclic) bond motifs is 1. The van der Waals surface area contributed by atoms with Crippen LogP contribution >= 0.6 is 0 Å². The van der Waals surface area contributed by atoms with Crippen LogP contribution in [0.25, 0.3) is 11.3 Å². The molecule has 0 bridgehead atoms. The van der Waals surface area contributed by atoms with Gasteiger partial charge in [-0.3, -0.25) is 9.78 Å². The second-order valence-corrected chi connectivity index (χ2v) is 7.86. The maximum atomic E-state index is 12.3. The van der Waals surface area contributed by atoms with Gasteiger partial charge in [0, 0.05) is 68.1 Å². The Balaban J connectivity index is 1.30. The minimum absolute atomic E-state index is 0.0721. The molecule has 0 radical (unpaired) electrons. The average Bonchev–Trinajstić information content (AvgIpc) is 2.72. The van der Waals surface area contributed by atoms with Crippen molar-refractivity contribution in [1.82, 2.24) is 29.6 Å². The van der Waals surface area contributed by atoms with Gasteiger partial charge in [-0.1, -0.05) is 0 Å². The highest BCUT2D eigenvalue weighted by molar-refractivity contribution is 5.56. The molecule has 0 amide bonds. The Kier molecular flexibility index (Phi) is 4.55. The van der Waals surface area contributed by atoms with E-state index in [1.165, 1.54) is 11.3 Å². The molecule has 0 unspecified atom stereocenters. The van der Waals surface area contributed by atoms with Crippen molar-refractivity contribution in [1.29, 1.82) is 0 Å². The van der Waals surface area contributed by atoms with Gasteiger partial charge in [-0.2, -0.15) is 5.10 Å². The molecule has 3 aromatic heterocycles. The van der Waals surface area contributed by atoms with Gasteiger partial charge in [-0.05, 0) is 25.2 Å². The third kappa shape index (κ3) is 3.51. The lowest BCUT2D eigenvalue weighted by atomic mass is 9.98. The van der Waals surface area contributed by atoms with E-state index in [4.69, 9.17) is 0 Å². The zero-order valence-corrected chi connectivity index (χ0v) is 16.4. The van der Waals surface area contributed by atoms with Gasteiger partial charge in [-0.15, -0.1) is 0 Å². The van der Waals surface area contributed by atoms with Crippen LogP contribution in [0.4, 0.5) is 5.82 Å². The lowest BCUT2D eigenvalue weighted by Gasteiger charge is -2.42. The van der Waals surface area contributed by atoms with E-state index in [0.717, 1.165) is 49.7 Å². The van der Waals surface area contributed by atoms with Crippen molar-refractivity contribution in [3.8, 4) is 11.3 Å². The smallest absolute Gasteiger partial charge is 0.266 e. The van der Waals surface area contributed by atoms with Gasteiger partial charge in [0.1, 0.15) is 12.1 Å². The van der Waals surface area contributed by atoms with Crippen molar-refractivity contribution in [3.05, 3.63) is 64.6 Å². The molecule has 2 aliphatic heterocycles. The summed E-state index contributed by atoms with van der Waals surface area (Å²) >= 11 is 0. The monoisotopic (exact) mass is 389 g/mol. The van der Waals surface area contributed by atoms with Crippen LogP contribution in [0.5, 0.6) is 0 Å². The molecular weight excluding hydrogens is 366 g/mol. The molecule has 0 aliphatic carbocycles. The summed E-state index contributed by atoms with van der Waals surface area (Å²) in [7, 11) is 2.13. The fourth-order valence-electron chi connectivity index (χ4n) is 4.08. The molecule has 2 aliphatic rings. The van der Waals surface area contributed by atoms with E-state index in [1.54, 1.807) is 35.5 Å². The van der Waals surface area contributed by atoms with Crippen molar-refractivity contribution in [2.24, 2.45) is 5.92 Å². The van der Waals surface area contributed by atoms with Crippen LogP contribution in [-0.2, 0) is 19.5 Å². The number of aromatic nitrogens is 5. The highest BCUT2D eigenvalue weighted by Crippen LogP contribution is 2.30. The highest BCUT2D eigenvalue weighted by atomic mass is 16.1. The maximum absolute atomic E-state index is 12.3. The number of hydrogen-bond acceptors (Lipinski definition) is 7. The largest absolute Gasteiger partial charge is 0.355 e. The third-order valence-corrected chi connectivity index (χ3v) is 5.68. The van der Waals surface area contributed by atoms with Crippen molar-refractivity contribution in [2.75, 3.05) is 31.6 Å².